The monoisotopic (exact) mass is 244 g/mol. The Bertz CT molecular complexity index is 409. The zero-order chi connectivity index (χ0) is 12.8. The maximum absolute atomic E-state index is 4.61. The van der Waals surface area contributed by atoms with E-state index >= 15 is 0 Å². The van der Waals surface area contributed by atoms with E-state index in [0.717, 1.165) is 19.5 Å². The highest BCUT2D eigenvalue weighted by molar-refractivity contribution is 5.32. The van der Waals surface area contributed by atoms with E-state index in [2.05, 4.69) is 42.4 Å². The summed E-state index contributed by atoms with van der Waals surface area (Å²) in [7, 11) is 0. The first-order chi connectivity index (χ1) is 8.83. The highest BCUT2D eigenvalue weighted by atomic mass is 14.8. The van der Waals surface area contributed by atoms with Crippen LogP contribution in [0.3, 0.4) is 0 Å². The third-order valence-corrected chi connectivity index (χ3v) is 3.78. The van der Waals surface area contributed by atoms with Crippen molar-refractivity contribution in [2.45, 2.75) is 45.4 Å². The highest BCUT2D eigenvalue weighted by Crippen LogP contribution is 2.34. The number of nitrogens with one attached hydrogen (secondary N) is 1. The summed E-state index contributed by atoms with van der Waals surface area (Å²) >= 11 is 0. The van der Waals surface area contributed by atoms with Gasteiger partial charge in [-0.15, -0.1) is 0 Å². The molecule has 0 saturated carbocycles. The summed E-state index contributed by atoms with van der Waals surface area (Å²) in [5.74, 6) is 0.552. The van der Waals surface area contributed by atoms with Gasteiger partial charge in [0.25, 0.3) is 0 Å². The Labute approximate surface area is 111 Å². The molecule has 0 fully saturated rings. The van der Waals surface area contributed by atoms with E-state index in [4.69, 9.17) is 0 Å². The van der Waals surface area contributed by atoms with Gasteiger partial charge in [-0.1, -0.05) is 24.6 Å². The molecule has 1 aliphatic rings. The van der Waals surface area contributed by atoms with Gasteiger partial charge in [0.05, 0.1) is 5.69 Å². The molecule has 0 aromatic carbocycles. The first-order valence-corrected chi connectivity index (χ1v) is 7.14. The standard InChI is InChI=1S/C16H24N2/c1-3-17-11-5-7-13(2)15-10-4-8-14-9-6-12-18-16(14)15/h6-7,9,12,15,17H,3-5,8,10-11H2,1-2H3. The zero-order valence-electron chi connectivity index (χ0n) is 11.6. The van der Waals surface area contributed by atoms with Crippen LogP contribution >= 0.6 is 0 Å². The van der Waals surface area contributed by atoms with Crippen LogP contribution in [0.25, 0.3) is 0 Å². The number of aryl methyl sites for hydroxylation is 1. The Morgan fingerprint density at radius 3 is 3.28 bits per heavy atom. The molecule has 0 radical (unpaired) electrons. The molecule has 2 heteroatoms. The molecule has 2 nitrogen and oxygen atoms in total. The molecule has 1 aliphatic carbocycles. The predicted octanol–water partition coefficient (Wildman–Crippen LogP) is 3.45. The van der Waals surface area contributed by atoms with Gasteiger partial charge in [0.15, 0.2) is 0 Å². The lowest BCUT2D eigenvalue weighted by atomic mass is 9.82. The van der Waals surface area contributed by atoms with E-state index < -0.39 is 0 Å². The van der Waals surface area contributed by atoms with Crippen LogP contribution in [0.2, 0.25) is 0 Å². The topological polar surface area (TPSA) is 24.9 Å². The van der Waals surface area contributed by atoms with E-state index in [1.807, 2.05) is 6.20 Å². The van der Waals surface area contributed by atoms with Crippen LogP contribution in [-0.4, -0.2) is 18.1 Å². The molecule has 1 aromatic heterocycles. The van der Waals surface area contributed by atoms with E-state index in [9.17, 15) is 0 Å². The van der Waals surface area contributed by atoms with Crippen molar-refractivity contribution in [3.05, 3.63) is 41.2 Å². The van der Waals surface area contributed by atoms with Crippen molar-refractivity contribution in [3.63, 3.8) is 0 Å². The number of fused-ring (bicyclic) bond motifs is 1. The van der Waals surface area contributed by atoms with Gasteiger partial charge >= 0.3 is 0 Å². The van der Waals surface area contributed by atoms with E-state index in [1.165, 1.54) is 36.1 Å². The minimum atomic E-state index is 0.552. The third-order valence-electron chi connectivity index (χ3n) is 3.78. The van der Waals surface area contributed by atoms with Crippen LogP contribution in [0.15, 0.2) is 30.0 Å². The second-order valence-corrected chi connectivity index (χ2v) is 5.08. The van der Waals surface area contributed by atoms with Gasteiger partial charge in [0.1, 0.15) is 0 Å². The Balaban J connectivity index is 2.05. The molecule has 1 unspecified atom stereocenters. The molecular formula is C16H24N2. The number of pyridine rings is 1. The smallest absolute Gasteiger partial charge is 0.0506 e. The molecule has 2 rings (SSSR count). The molecule has 1 atom stereocenters. The van der Waals surface area contributed by atoms with E-state index in [0.29, 0.717) is 5.92 Å². The van der Waals surface area contributed by atoms with E-state index in [1.54, 1.807) is 0 Å². The summed E-state index contributed by atoms with van der Waals surface area (Å²) in [5.41, 5.74) is 4.27. The maximum Gasteiger partial charge on any atom is 0.0506 e. The second-order valence-electron chi connectivity index (χ2n) is 5.08. The van der Waals surface area contributed by atoms with Gasteiger partial charge in [-0.2, -0.15) is 0 Å². The molecule has 0 saturated heterocycles. The van der Waals surface area contributed by atoms with Gasteiger partial charge in [-0.25, -0.2) is 0 Å². The molecule has 98 valence electrons. The quantitative estimate of drug-likeness (QED) is 0.634. The predicted molar refractivity (Wildman–Crippen MR) is 76.8 cm³/mol. The number of aromatic nitrogens is 1. The van der Waals surface area contributed by atoms with Crippen molar-refractivity contribution in [2.75, 3.05) is 13.1 Å². The van der Waals surface area contributed by atoms with Gasteiger partial charge in [-0.05, 0) is 57.3 Å². The fraction of sp³-hybridized carbons (Fsp3) is 0.562. The van der Waals surface area contributed by atoms with Crippen LogP contribution in [0.5, 0.6) is 0 Å². The van der Waals surface area contributed by atoms with Crippen LogP contribution in [0, 0.1) is 0 Å². The number of nitrogens with zero attached hydrogens (tertiary/aromatic N) is 1. The zero-order valence-corrected chi connectivity index (χ0v) is 11.6. The minimum absolute atomic E-state index is 0.552. The summed E-state index contributed by atoms with van der Waals surface area (Å²) in [5, 5.41) is 3.37. The molecule has 18 heavy (non-hydrogen) atoms. The van der Waals surface area contributed by atoms with Gasteiger partial charge in [0, 0.05) is 12.1 Å². The molecule has 1 N–H and O–H groups in total. The Hall–Kier alpha value is -1.15. The van der Waals surface area contributed by atoms with E-state index in [-0.39, 0.29) is 0 Å². The fourth-order valence-electron chi connectivity index (χ4n) is 2.77. The third kappa shape index (κ3) is 3.20. The Morgan fingerprint density at radius 2 is 2.44 bits per heavy atom. The average molecular weight is 244 g/mol. The summed E-state index contributed by atoms with van der Waals surface area (Å²) < 4.78 is 0. The van der Waals surface area contributed by atoms with Crippen molar-refractivity contribution in [3.8, 4) is 0 Å². The average Bonchev–Trinajstić information content (AvgIpc) is 2.43. The SMILES string of the molecule is CCNCCC=C(C)C1CCCc2cccnc21. The summed E-state index contributed by atoms with van der Waals surface area (Å²) in [6.07, 6.45) is 9.19. The van der Waals surface area contributed by atoms with Crippen molar-refractivity contribution in [1.29, 1.82) is 0 Å². The van der Waals surface area contributed by atoms with Crippen molar-refractivity contribution >= 4 is 0 Å². The fourth-order valence-corrected chi connectivity index (χ4v) is 2.77. The lowest BCUT2D eigenvalue weighted by molar-refractivity contribution is 0.588. The van der Waals surface area contributed by atoms with Crippen LogP contribution in [-0.2, 0) is 6.42 Å². The van der Waals surface area contributed by atoms with Gasteiger partial charge < -0.3 is 5.32 Å². The molecule has 0 aliphatic heterocycles. The summed E-state index contributed by atoms with van der Waals surface area (Å²) in [6, 6.07) is 4.30. The van der Waals surface area contributed by atoms with Crippen molar-refractivity contribution in [2.24, 2.45) is 0 Å². The molecule has 1 aromatic rings. The highest BCUT2D eigenvalue weighted by Gasteiger charge is 2.22. The second kappa shape index (κ2) is 6.69. The largest absolute Gasteiger partial charge is 0.317 e. The number of hydrogen-bond acceptors (Lipinski definition) is 2. The van der Waals surface area contributed by atoms with Crippen LogP contribution in [0.4, 0.5) is 0 Å². The van der Waals surface area contributed by atoms with Gasteiger partial charge in [0.2, 0.25) is 0 Å². The number of hydrogen-bond donors (Lipinski definition) is 1. The minimum Gasteiger partial charge on any atom is -0.317 e. The molecule has 1 heterocycles. The van der Waals surface area contributed by atoms with Crippen molar-refractivity contribution < 1.29 is 0 Å². The first kappa shape index (κ1) is 13.3. The Kier molecular flexibility index (Phi) is 4.94. The molecular weight excluding hydrogens is 220 g/mol. The van der Waals surface area contributed by atoms with Crippen LogP contribution < -0.4 is 5.32 Å². The normalized spacial score (nSPS) is 19.7. The van der Waals surface area contributed by atoms with Gasteiger partial charge in [-0.3, -0.25) is 4.98 Å². The first-order valence-electron chi connectivity index (χ1n) is 7.14. The maximum atomic E-state index is 4.61. The summed E-state index contributed by atoms with van der Waals surface area (Å²) in [6.45, 7) is 6.55. The molecule has 0 spiro atoms. The molecule has 0 bridgehead atoms. The lowest BCUT2D eigenvalue weighted by Gasteiger charge is -2.25. The number of rotatable bonds is 5. The lowest BCUT2D eigenvalue weighted by Crippen LogP contribution is -2.15. The Morgan fingerprint density at radius 1 is 1.56 bits per heavy atom. The summed E-state index contributed by atoms with van der Waals surface area (Å²) in [4.78, 5) is 4.61. The van der Waals surface area contributed by atoms with Crippen LogP contribution in [0.1, 0.15) is 50.3 Å². The number of allylic oxidation sites excluding steroid dienone is 1. The van der Waals surface area contributed by atoms with Crippen molar-refractivity contribution in [1.82, 2.24) is 10.3 Å². The molecule has 0 amide bonds.